The molecule has 2 nitrogen and oxygen atoms in total. The predicted octanol–water partition coefficient (Wildman–Crippen LogP) is 1.48. The van der Waals surface area contributed by atoms with E-state index in [2.05, 4.69) is 30.0 Å². The van der Waals surface area contributed by atoms with Crippen LogP contribution >= 0.6 is 0 Å². The van der Waals surface area contributed by atoms with E-state index >= 15 is 0 Å². The van der Waals surface area contributed by atoms with E-state index in [1.807, 2.05) is 0 Å². The highest BCUT2D eigenvalue weighted by Gasteiger charge is 1.97. The van der Waals surface area contributed by atoms with Crippen LogP contribution in [0.3, 0.4) is 0 Å². The first-order valence-electron chi connectivity index (χ1n) is 3.47. The molecule has 0 aliphatic carbocycles. The third kappa shape index (κ3) is 2.13. The maximum atomic E-state index is 4.08. The normalized spacial score (nSPS) is 10.3. The van der Waals surface area contributed by atoms with Crippen molar-refractivity contribution < 1.29 is 0 Å². The van der Waals surface area contributed by atoms with Gasteiger partial charge in [-0.3, -0.25) is 0 Å². The molecule has 0 bridgehead atoms. The summed E-state index contributed by atoms with van der Waals surface area (Å²) in [5.41, 5.74) is 0. The van der Waals surface area contributed by atoms with Crippen molar-refractivity contribution in [1.29, 1.82) is 0 Å². The Balaban J connectivity index is 2.59. The predicted molar refractivity (Wildman–Crippen MR) is 39.4 cm³/mol. The Labute approximate surface area is 61.3 Å². The second-order valence-electron chi connectivity index (χ2n) is 2.70. The molecule has 0 aliphatic heterocycles. The van der Waals surface area contributed by atoms with Crippen molar-refractivity contribution in [3.8, 4) is 0 Å². The van der Waals surface area contributed by atoms with E-state index in [0.29, 0.717) is 5.92 Å². The lowest BCUT2D eigenvalue weighted by Crippen LogP contribution is -1.98. The van der Waals surface area contributed by atoms with Gasteiger partial charge < -0.3 is 0 Å². The van der Waals surface area contributed by atoms with Gasteiger partial charge in [-0.1, -0.05) is 13.8 Å². The molecule has 1 aromatic rings. The largest absolute Gasteiger partial charge is 0.241 e. The standard InChI is InChI=1S/C8H11N2/c1-7(2)6-8-9-4-3-5-10-8/h3-4,7H,6H2,1-2H3. The summed E-state index contributed by atoms with van der Waals surface area (Å²) in [7, 11) is 0. The average molecular weight is 135 g/mol. The van der Waals surface area contributed by atoms with Gasteiger partial charge in [0, 0.05) is 12.6 Å². The van der Waals surface area contributed by atoms with Gasteiger partial charge in [0.2, 0.25) is 0 Å². The number of hydrogen-bond donors (Lipinski definition) is 0. The molecule has 0 saturated heterocycles. The summed E-state index contributed by atoms with van der Waals surface area (Å²) in [4.78, 5) is 8.06. The van der Waals surface area contributed by atoms with Gasteiger partial charge in [-0.15, -0.1) is 0 Å². The van der Waals surface area contributed by atoms with E-state index < -0.39 is 0 Å². The Morgan fingerprint density at radius 3 is 2.90 bits per heavy atom. The molecule has 0 spiro atoms. The Bertz CT molecular complexity index is 182. The second kappa shape index (κ2) is 3.30. The van der Waals surface area contributed by atoms with Gasteiger partial charge in [0.1, 0.15) is 5.82 Å². The van der Waals surface area contributed by atoms with E-state index in [9.17, 15) is 0 Å². The van der Waals surface area contributed by atoms with Crippen LogP contribution in [0.15, 0.2) is 12.3 Å². The molecule has 0 aliphatic rings. The van der Waals surface area contributed by atoms with E-state index in [4.69, 9.17) is 0 Å². The fourth-order valence-corrected chi connectivity index (χ4v) is 0.761. The number of nitrogens with zero attached hydrogens (tertiary/aromatic N) is 2. The minimum absolute atomic E-state index is 0.621. The van der Waals surface area contributed by atoms with Crippen molar-refractivity contribution in [2.24, 2.45) is 5.92 Å². The van der Waals surface area contributed by atoms with Crippen LogP contribution < -0.4 is 0 Å². The van der Waals surface area contributed by atoms with Gasteiger partial charge in [-0.05, 0) is 12.0 Å². The Hall–Kier alpha value is -0.920. The SMILES string of the molecule is CC(C)Cc1n[c]ccn1. The summed E-state index contributed by atoms with van der Waals surface area (Å²) in [6.45, 7) is 4.30. The molecule has 0 unspecified atom stereocenters. The van der Waals surface area contributed by atoms with E-state index in [1.165, 1.54) is 0 Å². The van der Waals surface area contributed by atoms with Gasteiger partial charge in [0.05, 0.1) is 6.20 Å². The zero-order chi connectivity index (χ0) is 7.40. The molecule has 0 amide bonds. The topological polar surface area (TPSA) is 25.8 Å². The Morgan fingerprint density at radius 2 is 2.40 bits per heavy atom. The molecule has 0 fully saturated rings. The van der Waals surface area contributed by atoms with Crippen molar-refractivity contribution in [3.63, 3.8) is 0 Å². The summed E-state index contributed by atoms with van der Waals surface area (Å²) in [6, 6.07) is 1.71. The third-order valence-corrected chi connectivity index (χ3v) is 1.16. The smallest absolute Gasteiger partial charge is 0.129 e. The molecule has 0 aromatic carbocycles. The van der Waals surface area contributed by atoms with Crippen LogP contribution in [0.25, 0.3) is 0 Å². The first-order valence-corrected chi connectivity index (χ1v) is 3.47. The summed E-state index contributed by atoms with van der Waals surface area (Å²) in [5, 5.41) is 0. The summed E-state index contributed by atoms with van der Waals surface area (Å²) < 4.78 is 0. The van der Waals surface area contributed by atoms with Gasteiger partial charge >= 0.3 is 0 Å². The molecule has 1 radical (unpaired) electrons. The molecule has 0 atom stereocenters. The summed E-state index contributed by atoms with van der Waals surface area (Å²) in [5.74, 6) is 1.51. The van der Waals surface area contributed by atoms with Crippen molar-refractivity contribution in [2.75, 3.05) is 0 Å². The van der Waals surface area contributed by atoms with Crippen LogP contribution in [0.1, 0.15) is 19.7 Å². The molecule has 53 valence electrons. The Morgan fingerprint density at radius 1 is 1.60 bits per heavy atom. The zero-order valence-electron chi connectivity index (χ0n) is 6.33. The summed E-state index contributed by atoms with van der Waals surface area (Å²) in [6.07, 6.45) is 5.42. The van der Waals surface area contributed by atoms with Crippen molar-refractivity contribution >= 4 is 0 Å². The second-order valence-corrected chi connectivity index (χ2v) is 2.70. The minimum Gasteiger partial charge on any atom is -0.241 e. The lowest BCUT2D eigenvalue weighted by Gasteiger charge is -2.00. The lowest BCUT2D eigenvalue weighted by molar-refractivity contribution is 0.620. The third-order valence-electron chi connectivity index (χ3n) is 1.16. The highest BCUT2D eigenvalue weighted by atomic mass is 14.8. The minimum atomic E-state index is 0.621. The molecule has 1 aromatic heterocycles. The summed E-state index contributed by atoms with van der Waals surface area (Å²) >= 11 is 0. The number of hydrogen-bond acceptors (Lipinski definition) is 2. The first kappa shape index (κ1) is 7.19. The van der Waals surface area contributed by atoms with Crippen LogP contribution in [0.2, 0.25) is 0 Å². The number of aromatic nitrogens is 2. The zero-order valence-corrected chi connectivity index (χ0v) is 6.33. The van der Waals surface area contributed by atoms with Crippen molar-refractivity contribution in [1.82, 2.24) is 9.97 Å². The molecular formula is C8H11N2. The van der Waals surface area contributed by atoms with Crippen molar-refractivity contribution in [2.45, 2.75) is 20.3 Å². The van der Waals surface area contributed by atoms with E-state index in [0.717, 1.165) is 12.2 Å². The highest BCUT2D eigenvalue weighted by molar-refractivity contribution is 4.87. The van der Waals surface area contributed by atoms with Gasteiger partial charge in [0.15, 0.2) is 0 Å². The van der Waals surface area contributed by atoms with Crippen LogP contribution in [-0.4, -0.2) is 9.97 Å². The van der Waals surface area contributed by atoms with Gasteiger partial charge in [0.25, 0.3) is 0 Å². The van der Waals surface area contributed by atoms with Crippen molar-refractivity contribution in [3.05, 3.63) is 24.3 Å². The van der Waals surface area contributed by atoms with Crippen LogP contribution in [0.5, 0.6) is 0 Å². The van der Waals surface area contributed by atoms with Crippen LogP contribution in [0.4, 0.5) is 0 Å². The van der Waals surface area contributed by atoms with E-state index in [1.54, 1.807) is 12.3 Å². The van der Waals surface area contributed by atoms with E-state index in [-0.39, 0.29) is 0 Å². The first-order chi connectivity index (χ1) is 4.79. The maximum absolute atomic E-state index is 4.08. The molecule has 10 heavy (non-hydrogen) atoms. The molecule has 0 N–H and O–H groups in total. The monoisotopic (exact) mass is 135 g/mol. The number of rotatable bonds is 2. The van der Waals surface area contributed by atoms with Gasteiger partial charge in [-0.25, -0.2) is 9.97 Å². The Kier molecular flexibility index (Phi) is 2.37. The fraction of sp³-hybridized carbons (Fsp3) is 0.500. The van der Waals surface area contributed by atoms with Crippen LogP contribution in [-0.2, 0) is 6.42 Å². The molecule has 0 saturated carbocycles. The highest BCUT2D eigenvalue weighted by Crippen LogP contribution is 1.99. The van der Waals surface area contributed by atoms with Gasteiger partial charge in [-0.2, -0.15) is 0 Å². The van der Waals surface area contributed by atoms with Crippen LogP contribution in [0, 0.1) is 12.1 Å². The molecule has 1 heterocycles. The molecule has 1 rings (SSSR count). The lowest BCUT2D eigenvalue weighted by atomic mass is 10.1. The molecular weight excluding hydrogens is 124 g/mol. The quantitative estimate of drug-likeness (QED) is 0.613. The molecule has 2 heteroatoms. The maximum Gasteiger partial charge on any atom is 0.129 e. The average Bonchev–Trinajstić information content (AvgIpc) is 1.88. The fourth-order valence-electron chi connectivity index (χ4n) is 0.761.